The van der Waals surface area contributed by atoms with Crippen LogP contribution in [0.5, 0.6) is 0 Å². The van der Waals surface area contributed by atoms with Crippen LogP contribution in [0.4, 0.5) is 0 Å². The maximum Gasteiger partial charge on any atom is 0.0887 e. The molecule has 0 aliphatic carbocycles. The summed E-state index contributed by atoms with van der Waals surface area (Å²) in [5.74, 6) is 0. The van der Waals surface area contributed by atoms with Crippen molar-refractivity contribution in [3.63, 3.8) is 0 Å². The van der Waals surface area contributed by atoms with Crippen molar-refractivity contribution in [3.05, 3.63) is 164 Å². The highest BCUT2D eigenvalue weighted by molar-refractivity contribution is 7.26. The summed E-state index contributed by atoms with van der Waals surface area (Å²) in [7, 11) is 0. The van der Waals surface area contributed by atoms with Crippen LogP contribution in [-0.4, -0.2) is 4.98 Å². The standard InChI is InChI=1S/C45H27NS/c1-3-11-30-23-34(19-17-28(30)9-1)38-27-41(44-45-37(21-22-46-44)36-15-7-8-16-42(36)47-45)43(35-20-18-29-10-2-4-12-31(29)24-35)40-26-33-14-6-5-13-32(33)25-39(38)40/h1-27H. The summed E-state index contributed by atoms with van der Waals surface area (Å²) in [6, 6.07) is 57.8. The predicted octanol–water partition coefficient (Wildman–Crippen LogP) is 13.1. The Balaban J connectivity index is 1.39. The molecule has 218 valence electrons. The Labute approximate surface area is 276 Å². The number of benzene rings is 8. The van der Waals surface area contributed by atoms with Gasteiger partial charge >= 0.3 is 0 Å². The van der Waals surface area contributed by atoms with Crippen LogP contribution < -0.4 is 0 Å². The van der Waals surface area contributed by atoms with Gasteiger partial charge in [0.25, 0.3) is 0 Å². The molecule has 10 aromatic rings. The average Bonchev–Trinajstić information content (AvgIpc) is 3.52. The fourth-order valence-corrected chi connectivity index (χ4v) is 8.59. The lowest BCUT2D eigenvalue weighted by atomic mass is 9.84. The highest BCUT2D eigenvalue weighted by atomic mass is 32.1. The number of aromatic nitrogens is 1. The van der Waals surface area contributed by atoms with Crippen LogP contribution in [0, 0.1) is 0 Å². The zero-order valence-corrected chi connectivity index (χ0v) is 26.3. The fraction of sp³-hybridized carbons (Fsp3) is 0. The largest absolute Gasteiger partial charge is 0.255 e. The van der Waals surface area contributed by atoms with Crippen LogP contribution in [0.1, 0.15) is 0 Å². The summed E-state index contributed by atoms with van der Waals surface area (Å²) in [4.78, 5) is 5.19. The van der Waals surface area contributed by atoms with Crippen molar-refractivity contribution in [1.82, 2.24) is 4.98 Å². The Morgan fingerprint density at radius 2 is 0.957 bits per heavy atom. The molecule has 47 heavy (non-hydrogen) atoms. The van der Waals surface area contributed by atoms with Gasteiger partial charge in [-0.1, -0.05) is 115 Å². The van der Waals surface area contributed by atoms with Gasteiger partial charge in [-0.05, 0) is 108 Å². The van der Waals surface area contributed by atoms with E-state index in [0.29, 0.717) is 0 Å². The monoisotopic (exact) mass is 613 g/mol. The first-order valence-electron chi connectivity index (χ1n) is 16.0. The number of pyridine rings is 1. The molecule has 0 spiro atoms. The van der Waals surface area contributed by atoms with Gasteiger partial charge in [-0.15, -0.1) is 11.3 Å². The van der Waals surface area contributed by atoms with Gasteiger partial charge in [0.05, 0.1) is 10.4 Å². The minimum Gasteiger partial charge on any atom is -0.255 e. The summed E-state index contributed by atoms with van der Waals surface area (Å²) in [6.07, 6.45) is 1.99. The molecule has 1 nitrogen and oxygen atoms in total. The van der Waals surface area contributed by atoms with E-state index in [1.807, 2.05) is 17.5 Å². The van der Waals surface area contributed by atoms with Crippen LogP contribution in [0.2, 0.25) is 0 Å². The third kappa shape index (κ3) is 4.19. The van der Waals surface area contributed by atoms with E-state index in [1.165, 1.54) is 85.5 Å². The SMILES string of the molecule is c1ccc2cc(-c3cc(-c4nccc5c4sc4ccccc45)c(-c4ccc5ccccc5c4)c4cc5ccccc5cc34)ccc2c1. The van der Waals surface area contributed by atoms with E-state index in [1.54, 1.807) is 0 Å². The Kier molecular flexibility index (Phi) is 5.81. The molecular formula is C45H27NS. The lowest BCUT2D eigenvalue weighted by Crippen LogP contribution is -1.94. The summed E-state index contributed by atoms with van der Waals surface area (Å²) < 4.78 is 2.51. The maximum atomic E-state index is 5.19. The minimum atomic E-state index is 1.03. The zero-order chi connectivity index (χ0) is 30.9. The molecular weight excluding hydrogens is 587 g/mol. The first-order valence-corrected chi connectivity index (χ1v) is 16.8. The van der Waals surface area contributed by atoms with Gasteiger partial charge in [0.15, 0.2) is 0 Å². The van der Waals surface area contributed by atoms with E-state index in [4.69, 9.17) is 4.98 Å². The minimum absolute atomic E-state index is 1.03. The quantitative estimate of drug-likeness (QED) is 0.181. The van der Waals surface area contributed by atoms with Crippen LogP contribution in [0.25, 0.3) is 96.8 Å². The average molecular weight is 614 g/mol. The van der Waals surface area contributed by atoms with Crippen LogP contribution in [0.3, 0.4) is 0 Å². The fourth-order valence-electron chi connectivity index (χ4n) is 7.39. The summed E-state index contributed by atoms with van der Waals surface area (Å²) in [6.45, 7) is 0. The van der Waals surface area contributed by atoms with Crippen LogP contribution in [0.15, 0.2) is 164 Å². The second-order valence-electron chi connectivity index (χ2n) is 12.3. The topological polar surface area (TPSA) is 12.9 Å². The van der Waals surface area contributed by atoms with Gasteiger partial charge in [0.2, 0.25) is 0 Å². The molecule has 0 aliphatic rings. The number of thiophene rings is 1. The Bertz CT molecular complexity index is 2860. The predicted molar refractivity (Wildman–Crippen MR) is 203 cm³/mol. The number of rotatable bonds is 3. The third-order valence-electron chi connectivity index (χ3n) is 9.65. The van der Waals surface area contributed by atoms with Gasteiger partial charge in [0, 0.05) is 27.2 Å². The van der Waals surface area contributed by atoms with Crippen LogP contribution >= 0.6 is 11.3 Å². The Morgan fingerprint density at radius 3 is 1.68 bits per heavy atom. The van der Waals surface area contributed by atoms with Crippen LogP contribution in [-0.2, 0) is 0 Å². The van der Waals surface area contributed by atoms with Crippen molar-refractivity contribution < 1.29 is 0 Å². The molecule has 0 N–H and O–H groups in total. The van der Waals surface area contributed by atoms with Crippen molar-refractivity contribution in [2.45, 2.75) is 0 Å². The van der Waals surface area contributed by atoms with Crippen molar-refractivity contribution in [2.75, 3.05) is 0 Å². The number of nitrogens with zero attached hydrogens (tertiary/aromatic N) is 1. The molecule has 8 aromatic carbocycles. The van der Waals surface area contributed by atoms with Crippen molar-refractivity contribution in [2.24, 2.45) is 0 Å². The summed E-state index contributed by atoms with van der Waals surface area (Å²) in [5, 5.41) is 12.5. The summed E-state index contributed by atoms with van der Waals surface area (Å²) in [5.41, 5.74) is 7.03. The molecule has 0 saturated carbocycles. The van der Waals surface area contributed by atoms with Gasteiger partial charge in [-0.25, -0.2) is 0 Å². The van der Waals surface area contributed by atoms with Crippen molar-refractivity contribution >= 4 is 74.6 Å². The molecule has 0 radical (unpaired) electrons. The van der Waals surface area contributed by atoms with Gasteiger partial charge in [0.1, 0.15) is 0 Å². The first-order chi connectivity index (χ1) is 23.3. The third-order valence-corrected chi connectivity index (χ3v) is 10.8. The number of hydrogen-bond acceptors (Lipinski definition) is 2. The highest BCUT2D eigenvalue weighted by Crippen LogP contribution is 2.48. The Morgan fingerprint density at radius 1 is 0.383 bits per heavy atom. The van der Waals surface area contributed by atoms with E-state index >= 15 is 0 Å². The van der Waals surface area contributed by atoms with Gasteiger partial charge in [-0.2, -0.15) is 0 Å². The maximum absolute atomic E-state index is 5.19. The molecule has 0 amide bonds. The molecule has 0 saturated heterocycles. The van der Waals surface area contributed by atoms with E-state index in [9.17, 15) is 0 Å². The molecule has 2 heteroatoms. The molecule has 0 fully saturated rings. The van der Waals surface area contributed by atoms with Gasteiger partial charge < -0.3 is 0 Å². The molecule has 0 unspecified atom stereocenters. The lowest BCUT2D eigenvalue weighted by molar-refractivity contribution is 1.37. The first kappa shape index (κ1) is 26.4. The molecule has 2 heterocycles. The van der Waals surface area contributed by atoms with E-state index in [-0.39, 0.29) is 0 Å². The Hall–Kier alpha value is -5.83. The number of hydrogen-bond donors (Lipinski definition) is 0. The van der Waals surface area contributed by atoms with E-state index < -0.39 is 0 Å². The molecule has 0 atom stereocenters. The smallest absolute Gasteiger partial charge is 0.0887 e. The van der Waals surface area contributed by atoms with Gasteiger partial charge in [-0.3, -0.25) is 4.98 Å². The number of fused-ring (bicyclic) bond motifs is 7. The highest BCUT2D eigenvalue weighted by Gasteiger charge is 2.21. The lowest BCUT2D eigenvalue weighted by Gasteiger charge is -2.19. The second-order valence-corrected chi connectivity index (χ2v) is 13.4. The van der Waals surface area contributed by atoms with Crippen molar-refractivity contribution in [1.29, 1.82) is 0 Å². The summed E-state index contributed by atoms with van der Waals surface area (Å²) >= 11 is 1.84. The van der Waals surface area contributed by atoms with E-state index in [2.05, 4.69) is 158 Å². The zero-order valence-electron chi connectivity index (χ0n) is 25.4. The normalized spacial score (nSPS) is 11.8. The molecule has 2 aromatic heterocycles. The van der Waals surface area contributed by atoms with Crippen molar-refractivity contribution in [3.8, 4) is 33.5 Å². The van der Waals surface area contributed by atoms with E-state index in [0.717, 1.165) is 11.3 Å². The molecule has 10 rings (SSSR count). The molecule has 0 bridgehead atoms. The molecule has 0 aliphatic heterocycles. The second kappa shape index (κ2) is 10.3.